The summed E-state index contributed by atoms with van der Waals surface area (Å²) in [6.45, 7) is 1.05. The van der Waals surface area contributed by atoms with Gasteiger partial charge in [0.15, 0.2) is 29.3 Å². The van der Waals surface area contributed by atoms with Crippen LogP contribution >= 0.6 is 24.8 Å². The highest BCUT2D eigenvalue weighted by molar-refractivity contribution is 5.97. The van der Waals surface area contributed by atoms with Crippen LogP contribution in [0.5, 0.6) is 11.5 Å². The fourth-order valence-corrected chi connectivity index (χ4v) is 4.23. The minimum Gasteiger partial charge on any atom is -0.486 e. The van der Waals surface area contributed by atoms with Crippen molar-refractivity contribution in [3.63, 3.8) is 0 Å². The van der Waals surface area contributed by atoms with Gasteiger partial charge in [-0.2, -0.15) is 0 Å². The Hall–Kier alpha value is -1.96. The third-order valence-electron chi connectivity index (χ3n) is 5.40. The summed E-state index contributed by atoms with van der Waals surface area (Å²) >= 11 is 0. The zero-order chi connectivity index (χ0) is 17.5. The van der Waals surface area contributed by atoms with E-state index in [1.165, 1.54) is 19.2 Å². The van der Waals surface area contributed by atoms with Crippen LogP contribution in [0.1, 0.15) is 36.2 Å². The first-order valence-corrected chi connectivity index (χ1v) is 9.16. The zero-order valence-corrected chi connectivity index (χ0v) is 16.8. The average molecular weight is 428 g/mol. The Kier molecular flexibility index (Phi) is 6.37. The lowest BCUT2D eigenvalue weighted by atomic mass is 9.99. The van der Waals surface area contributed by atoms with Gasteiger partial charge < -0.3 is 24.5 Å². The molecule has 1 aromatic carbocycles. The van der Waals surface area contributed by atoms with Crippen molar-refractivity contribution in [3.8, 4) is 22.8 Å². The summed E-state index contributed by atoms with van der Waals surface area (Å²) in [4.78, 5) is 16.9. The number of carbonyl (C=O) groups is 1. The second kappa shape index (κ2) is 8.59. The first kappa shape index (κ1) is 20.8. The van der Waals surface area contributed by atoms with Gasteiger partial charge in [0.2, 0.25) is 0 Å². The van der Waals surface area contributed by atoms with Gasteiger partial charge in [-0.1, -0.05) is 0 Å². The Labute approximate surface area is 175 Å². The number of rotatable bonds is 3. The van der Waals surface area contributed by atoms with Crippen LogP contribution in [0.25, 0.3) is 11.3 Å². The fraction of sp³-hybridized carbons (Fsp3) is 0.474. The minimum atomic E-state index is -0.185. The summed E-state index contributed by atoms with van der Waals surface area (Å²) in [5.74, 6) is 1.63. The summed E-state index contributed by atoms with van der Waals surface area (Å²) in [5.41, 5.74) is 1.06. The topological polar surface area (TPSA) is 85.6 Å². The molecule has 0 radical (unpaired) electrons. The highest BCUT2D eigenvalue weighted by Gasteiger charge is 2.34. The number of ether oxygens (including phenoxy) is 2. The van der Waals surface area contributed by atoms with Crippen molar-refractivity contribution in [1.82, 2.24) is 15.6 Å². The number of piperidine rings is 1. The van der Waals surface area contributed by atoms with Crippen molar-refractivity contribution >= 4 is 30.7 Å². The smallest absolute Gasteiger partial charge is 0.274 e. The van der Waals surface area contributed by atoms with E-state index in [0.717, 1.165) is 18.4 Å². The predicted octanol–water partition coefficient (Wildman–Crippen LogP) is 2.97. The lowest BCUT2D eigenvalue weighted by Crippen LogP contribution is -2.48. The standard InChI is InChI=1S/C19H21N3O4.2ClH/c23-19(22-14-8-12-2-3-13(9-14)21-12)17-18(26-10-20-17)11-1-4-15-16(7-11)25-6-5-24-15;;/h1,4,7,10,12-14,21H,2-3,5-6,8-9H2,(H,22,23);2*1H. The lowest BCUT2D eigenvalue weighted by molar-refractivity contribution is 0.0919. The minimum absolute atomic E-state index is 0. The van der Waals surface area contributed by atoms with Crippen molar-refractivity contribution in [1.29, 1.82) is 0 Å². The predicted molar refractivity (Wildman–Crippen MR) is 108 cm³/mol. The maximum atomic E-state index is 12.8. The number of benzene rings is 1. The van der Waals surface area contributed by atoms with E-state index in [9.17, 15) is 4.79 Å². The third-order valence-corrected chi connectivity index (χ3v) is 5.40. The molecule has 2 bridgehead atoms. The first-order chi connectivity index (χ1) is 12.8. The number of aromatic nitrogens is 1. The first-order valence-electron chi connectivity index (χ1n) is 9.16. The normalized spacial score (nSPS) is 24.6. The fourth-order valence-electron chi connectivity index (χ4n) is 4.23. The number of hydrogen-bond donors (Lipinski definition) is 2. The molecule has 2 N–H and O–H groups in total. The van der Waals surface area contributed by atoms with Crippen LogP contribution in [0.2, 0.25) is 0 Å². The molecule has 1 aromatic heterocycles. The van der Waals surface area contributed by atoms with Gasteiger partial charge in [-0.3, -0.25) is 4.79 Å². The highest BCUT2D eigenvalue weighted by atomic mass is 35.5. The van der Waals surface area contributed by atoms with Gasteiger partial charge in [0, 0.05) is 23.7 Å². The molecule has 28 heavy (non-hydrogen) atoms. The Morgan fingerprint density at radius 3 is 2.54 bits per heavy atom. The Bertz CT molecular complexity index is 832. The van der Waals surface area contributed by atoms with Gasteiger partial charge in [-0.05, 0) is 43.9 Å². The van der Waals surface area contributed by atoms with E-state index in [4.69, 9.17) is 13.9 Å². The molecule has 4 heterocycles. The van der Waals surface area contributed by atoms with E-state index in [2.05, 4.69) is 15.6 Å². The van der Waals surface area contributed by atoms with Gasteiger partial charge in [0.25, 0.3) is 5.91 Å². The summed E-state index contributed by atoms with van der Waals surface area (Å²) < 4.78 is 16.7. The van der Waals surface area contributed by atoms with Crippen molar-refractivity contribution < 1.29 is 18.7 Å². The molecule has 2 aromatic rings. The molecule has 2 unspecified atom stereocenters. The molecule has 0 aliphatic carbocycles. The molecular formula is C19H23Cl2N3O4. The average Bonchev–Trinajstić information content (AvgIpc) is 3.28. The van der Waals surface area contributed by atoms with Crippen molar-refractivity contribution in [3.05, 3.63) is 30.3 Å². The SMILES string of the molecule is Cl.Cl.O=C(NC1CC2CCC(C1)N2)c1ncoc1-c1ccc2c(c1)OCCO2. The quantitative estimate of drug-likeness (QED) is 0.782. The van der Waals surface area contributed by atoms with E-state index in [1.54, 1.807) is 0 Å². The number of fused-ring (bicyclic) bond motifs is 3. The monoisotopic (exact) mass is 427 g/mol. The summed E-state index contributed by atoms with van der Waals surface area (Å²) in [6, 6.07) is 6.75. The van der Waals surface area contributed by atoms with Crippen LogP contribution in [0.4, 0.5) is 0 Å². The van der Waals surface area contributed by atoms with Crippen molar-refractivity contribution in [2.75, 3.05) is 13.2 Å². The van der Waals surface area contributed by atoms with Crippen LogP contribution in [-0.4, -0.2) is 42.2 Å². The Balaban J connectivity index is 0.00000112. The third kappa shape index (κ3) is 3.92. The molecule has 1 amide bonds. The van der Waals surface area contributed by atoms with E-state index in [-0.39, 0.29) is 36.8 Å². The summed E-state index contributed by atoms with van der Waals surface area (Å²) in [7, 11) is 0. The molecule has 0 saturated carbocycles. The highest BCUT2D eigenvalue weighted by Crippen LogP contribution is 2.35. The molecule has 0 spiro atoms. The molecular weight excluding hydrogens is 405 g/mol. The van der Waals surface area contributed by atoms with Gasteiger partial charge in [0.1, 0.15) is 13.2 Å². The number of nitrogens with one attached hydrogen (secondary N) is 2. The van der Waals surface area contributed by atoms with E-state index < -0.39 is 0 Å². The maximum absolute atomic E-state index is 12.8. The van der Waals surface area contributed by atoms with Gasteiger partial charge in [-0.15, -0.1) is 24.8 Å². The van der Waals surface area contributed by atoms with Crippen LogP contribution in [0, 0.1) is 0 Å². The molecule has 2 saturated heterocycles. The van der Waals surface area contributed by atoms with Crippen molar-refractivity contribution in [2.24, 2.45) is 0 Å². The van der Waals surface area contributed by atoms with Crippen LogP contribution in [0.3, 0.4) is 0 Å². The zero-order valence-electron chi connectivity index (χ0n) is 15.2. The van der Waals surface area contributed by atoms with Crippen LogP contribution in [-0.2, 0) is 0 Å². The molecule has 9 heteroatoms. The summed E-state index contributed by atoms with van der Waals surface area (Å²) in [5, 5.41) is 6.72. The van der Waals surface area contributed by atoms with Gasteiger partial charge in [0.05, 0.1) is 0 Å². The molecule has 3 aliphatic rings. The lowest BCUT2D eigenvalue weighted by Gasteiger charge is -2.29. The maximum Gasteiger partial charge on any atom is 0.274 e. The van der Waals surface area contributed by atoms with E-state index >= 15 is 0 Å². The van der Waals surface area contributed by atoms with Gasteiger partial charge >= 0.3 is 0 Å². The molecule has 2 fully saturated rings. The van der Waals surface area contributed by atoms with Crippen LogP contribution < -0.4 is 20.1 Å². The number of nitrogens with zero attached hydrogens (tertiary/aromatic N) is 1. The molecule has 152 valence electrons. The van der Waals surface area contributed by atoms with E-state index in [0.29, 0.717) is 48.3 Å². The Morgan fingerprint density at radius 2 is 1.79 bits per heavy atom. The van der Waals surface area contributed by atoms with Crippen molar-refractivity contribution in [2.45, 2.75) is 43.8 Å². The number of halogens is 2. The Morgan fingerprint density at radius 1 is 1.07 bits per heavy atom. The molecule has 5 rings (SSSR count). The van der Waals surface area contributed by atoms with Crippen LogP contribution in [0.15, 0.2) is 29.0 Å². The molecule has 3 aliphatic heterocycles. The van der Waals surface area contributed by atoms with Gasteiger partial charge in [-0.25, -0.2) is 4.98 Å². The summed E-state index contributed by atoms with van der Waals surface area (Å²) in [6.07, 6.45) is 5.65. The number of carbonyl (C=O) groups excluding carboxylic acids is 1. The molecule has 7 nitrogen and oxygen atoms in total. The van der Waals surface area contributed by atoms with E-state index in [1.807, 2.05) is 18.2 Å². The second-order valence-electron chi connectivity index (χ2n) is 7.17. The number of hydrogen-bond acceptors (Lipinski definition) is 6. The second-order valence-corrected chi connectivity index (χ2v) is 7.17. The largest absolute Gasteiger partial charge is 0.486 e. The molecule has 2 atom stereocenters. The number of oxazole rings is 1. The number of amides is 1.